The summed E-state index contributed by atoms with van der Waals surface area (Å²) in [7, 11) is 0. The molecule has 6 nitrogen and oxygen atoms in total. The molecule has 1 aromatic carbocycles. The van der Waals surface area contributed by atoms with Gasteiger partial charge in [-0.05, 0) is 25.3 Å². The van der Waals surface area contributed by atoms with Crippen molar-refractivity contribution >= 4 is 5.97 Å². The number of ether oxygens (including phenoxy) is 2. The van der Waals surface area contributed by atoms with Gasteiger partial charge in [-0.15, -0.1) is 0 Å². The molecule has 1 aliphatic rings. The maximum Gasteiger partial charge on any atom is 0.339 e. The molecule has 1 fully saturated rings. The molecule has 1 atom stereocenters. The normalized spacial score (nSPS) is 22.8. The molecule has 0 aromatic heterocycles. The number of nitro groups is 1. The Labute approximate surface area is 129 Å². The lowest BCUT2D eigenvalue weighted by Gasteiger charge is -2.27. The fraction of sp³-hybridized carbons (Fsp3) is 0.562. The first-order chi connectivity index (χ1) is 10.6. The van der Waals surface area contributed by atoms with Crippen LogP contribution in [0.15, 0.2) is 30.3 Å². The lowest BCUT2D eigenvalue weighted by molar-refractivity contribution is -0.527. The van der Waals surface area contributed by atoms with Crippen LogP contribution in [0.5, 0.6) is 0 Å². The molecule has 0 spiro atoms. The third-order valence-corrected chi connectivity index (χ3v) is 3.87. The Kier molecular flexibility index (Phi) is 5.89. The Morgan fingerprint density at radius 2 is 1.91 bits per heavy atom. The van der Waals surface area contributed by atoms with Gasteiger partial charge in [-0.25, -0.2) is 4.79 Å². The molecule has 0 heterocycles. The molecule has 0 amide bonds. The maximum absolute atomic E-state index is 12.1. The Morgan fingerprint density at radius 1 is 1.27 bits per heavy atom. The van der Waals surface area contributed by atoms with Gasteiger partial charge in [0.25, 0.3) is 0 Å². The number of rotatable bonds is 6. The molecule has 0 radical (unpaired) electrons. The summed E-state index contributed by atoms with van der Waals surface area (Å²) < 4.78 is 11.0. The summed E-state index contributed by atoms with van der Waals surface area (Å²) in [5.41, 5.74) is 0.748. The Bertz CT molecular complexity index is 497. The van der Waals surface area contributed by atoms with Crippen LogP contribution in [0.2, 0.25) is 0 Å². The number of carbonyl (C=O) groups is 1. The second-order valence-corrected chi connectivity index (χ2v) is 5.39. The van der Waals surface area contributed by atoms with E-state index in [1.807, 2.05) is 30.3 Å². The summed E-state index contributed by atoms with van der Waals surface area (Å²) in [4.78, 5) is 22.7. The molecule has 22 heavy (non-hydrogen) atoms. The lowest BCUT2D eigenvalue weighted by atomic mass is 9.93. The molecule has 0 saturated heterocycles. The lowest BCUT2D eigenvalue weighted by Crippen LogP contribution is -2.32. The third kappa shape index (κ3) is 4.27. The van der Waals surface area contributed by atoms with Crippen molar-refractivity contribution in [3.63, 3.8) is 0 Å². The van der Waals surface area contributed by atoms with E-state index < -0.39 is 18.1 Å². The van der Waals surface area contributed by atoms with E-state index in [2.05, 4.69) is 0 Å². The fourth-order valence-electron chi connectivity index (χ4n) is 2.70. The van der Waals surface area contributed by atoms with E-state index in [0.717, 1.165) is 5.56 Å². The Balaban J connectivity index is 2.01. The number of carbonyl (C=O) groups excluding carboxylic acids is 1. The van der Waals surface area contributed by atoms with Gasteiger partial charge >= 0.3 is 5.97 Å². The van der Waals surface area contributed by atoms with Gasteiger partial charge in [-0.1, -0.05) is 30.3 Å². The second kappa shape index (κ2) is 7.89. The summed E-state index contributed by atoms with van der Waals surface area (Å²) in [6, 6.07) is 8.71. The highest BCUT2D eigenvalue weighted by atomic mass is 16.6. The van der Waals surface area contributed by atoms with E-state index in [1.54, 1.807) is 6.92 Å². The van der Waals surface area contributed by atoms with E-state index in [-0.39, 0.29) is 11.0 Å². The van der Waals surface area contributed by atoms with Crippen LogP contribution in [0.3, 0.4) is 0 Å². The molecule has 1 unspecified atom stereocenters. The maximum atomic E-state index is 12.1. The minimum Gasteiger partial charge on any atom is -0.464 e. The van der Waals surface area contributed by atoms with Crippen molar-refractivity contribution in [2.45, 2.75) is 50.9 Å². The van der Waals surface area contributed by atoms with Crippen LogP contribution in [-0.2, 0) is 14.3 Å². The zero-order chi connectivity index (χ0) is 15.9. The van der Waals surface area contributed by atoms with Gasteiger partial charge in [0.2, 0.25) is 6.04 Å². The van der Waals surface area contributed by atoms with E-state index in [9.17, 15) is 14.9 Å². The summed E-state index contributed by atoms with van der Waals surface area (Å²) in [6.45, 7) is 2.04. The van der Waals surface area contributed by atoms with Crippen LogP contribution in [0.4, 0.5) is 0 Å². The van der Waals surface area contributed by atoms with Crippen molar-refractivity contribution < 1.29 is 19.2 Å². The highest BCUT2D eigenvalue weighted by Crippen LogP contribution is 2.29. The van der Waals surface area contributed by atoms with Crippen LogP contribution in [-0.4, -0.2) is 29.6 Å². The van der Waals surface area contributed by atoms with Crippen molar-refractivity contribution in [1.82, 2.24) is 0 Å². The molecule has 6 heteroatoms. The highest BCUT2D eigenvalue weighted by Gasteiger charge is 2.32. The van der Waals surface area contributed by atoms with Crippen LogP contribution < -0.4 is 0 Å². The summed E-state index contributed by atoms with van der Waals surface area (Å²) >= 11 is 0. The molecule has 120 valence electrons. The van der Waals surface area contributed by atoms with Crippen LogP contribution in [0.25, 0.3) is 0 Å². The number of benzene rings is 1. The smallest absolute Gasteiger partial charge is 0.339 e. The van der Waals surface area contributed by atoms with Gasteiger partial charge in [-0.3, -0.25) is 10.1 Å². The van der Waals surface area contributed by atoms with E-state index in [1.165, 1.54) is 0 Å². The zero-order valence-electron chi connectivity index (χ0n) is 12.6. The molecule has 1 saturated carbocycles. The molecule has 0 bridgehead atoms. The SMILES string of the molecule is CCOC(=O)C(OC1CCC([N+](=O)[O-])CC1)c1ccccc1. The first kappa shape index (κ1) is 16.4. The number of esters is 1. The predicted octanol–water partition coefficient (Wildman–Crippen LogP) is 2.90. The van der Waals surface area contributed by atoms with Gasteiger partial charge in [0, 0.05) is 17.8 Å². The average molecular weight is 307 g/mol. The van der Waals surface area contributed by atoms with Gasteiger partial charge in [0.1, 0.15) is 0 Å². The van der Waals surface area contributed by atoms with Crippen LogP contribution in [0, 0.1) is 10.1 Å². The Morgan fingerprint density at radius 3 is 2.45 bits per heavy atom. The van der Waals surface area contributed by atoms with Crippen molar-refractivity contribution in [3.05, 3.63) is 46.0 Å². The highest BCUT2D eigenvalue weighted by molar-refractivity contribution is 5.76. The Hall–Kier alpha value is -1.95. The van der Waals surface area contributed by atoms with Gasteiger partial charge in [0.15, 0.2) is 6.10 Å². The molecular weight excluding hydrogens is 286 g/mol. The van der Waals surface area contributed by atoms with E-state index in [0.29, 0.717) is 32.3 Å². The van der Waals surface area contributed by atoms with Gasteiger partial charge < -0.3 is 9.47 Å². The topological polar surface area (TPSA) is 78.7 Å². The third-order valence-electron chi connectivity index (χ3n) is 3.87. The van der Waals surface area contributed by atoms with Crippen molar-refractivity contribution in [2.75, 3.05) is 6.61 Å². The summed E-state index contributed by atoms with van der Waals surface area (Å²) in [5.74, 6) is -0.412. The average Bonchev–Trinajstić information content (AvgIpc) is 2.54. The molecule has 1 aromatic rings. The molecule has 0 aliphatic heterocycles. The minimum atomic E-state index is -0.765. The van der Waals surface area contributed by atoms with Crippen LogP contribution >= 0.6 is 0 Å². The predicted molar refractivity (Wildman–Crippen MR) is 79.9 cm³/mol. The largest absolute Gasteiger partial charge is 0.464 e. The fourth-order valence-corrected chi connectivity index (χ4v) is 2.70. The molecule has 2 rings (SSSR count). The molecular formula is C16H21NO5. The van der Waals surface area contributed by atoms with Crippen molar-refractivity contribution in [1.29, 1.82) is 0 Å². The first-order valence-corrected chi connectivity index (χ1v) is 7.62. The van der Waals surface area contributed by atoms with Crippen molar-refractivity contribution in [3.8, 4) is 0 Å². The first-order valence-electron chi connectivity index (χ1n) is 7.62. The standard InChI is InChI=1S/C16H21NO5/c1-2-21-16(18)15(12-6-4-3-5-7-12)22-14-10-8-13(9-11-14)17(19)20/h3-7,13-15H,2,8-11H2,1H3. The van der Waals surface area contributed by atoms with Gasteiger partial charge in [0.05, 0.1) is 12.7 Å². The van der Waals surface area contributed by atoms with Gasteiger partial charge in [-0.2, -0.15) is 0 Å². The molecule has 1 aliphatic carbocycles. The summed E-state index contributed by atoms with van der Waals surface area (Å²) in [6.07, 6.45) is 1.25. The number of hydrogen-bond acceptors (Lipinski definition) is 5. The molecule has 0 N–H and O–H groups in total. The zero-order valence-corrected chi connectivity index (χ0v) is 12.6. The number of hydrogen-bond donors (Lipinski definition) is 0. The van der Waals surface area contributed by atoms with E-state index >= 15 is 0 Å². The second-order valence-electron chi connectivity index (χ2n) is 5.39. The quantitative estimate of drug-likeness (QED) is 0.459. The van der Waals surface area contributed by atoms with Crippen molar-refractivity contribution in [2.24, 2.45) is 0 Å². The van der Waals surface area contributed by atoms with E-state index in [4.69, 9.17) is 9.47 Å². The summed E-state index contributed by atoms with van der Waals surface area (Å²) in [5, 5.41) is 10.8. The monoisotopic (exact) mass is 307 g/mol. The van der Waals surface area contributed by atoms with Crippen LogP contribution in [0.1, 0.15) is 44.3 Å². The minimum absolute atomic E-state index is 0.147. The number of nitrogens with zero attached hydrogens (tertiary/aromatic N) is 1.